The number of hydrogen-bond donors (Lipinski definition) is 1. The van der Waals surface area contributed by atoms with Gasteiger partial charge in [-0.1, -0.05) is 12.1 Å². The fourth-order valence-electron chi connectivity index (χ4n) is 3.16. The minimum absolute atomic E-state index is 0.230. The van der Waals surface area contributed by atoms with E-state index < -0.39 is 5.91 Å². The normalized spacial score (nSPS) is 13.0. The Hall–Kier alpha value is -3.32. The minimum atomic E-state index is -0.423. The van der Waals surface area contributed by atoms with Crippen molar-refractivity contribution in [3.05, 3.63) is 75.3 Å². The highest BCUT2D eigenvalue weighted by molar-refractivity contribution is 7.13. The number of fused-ring (bicyclic) bond motifs is 1. The highest BCUT2D eigenvalue weighted by Gasteiger charge is 2.37. The molecule has 0 aliphatic carbocycles. The second-order valence-corrected chi connectivity index (χ2v) is 7.53. The summed E-state index contributed by atoms with van der Waals surface area (Å²) in [6, 6.07) is 10.0. The van der Waals surface area contributed by atoms with Crippen molar-refractivity contribution in [3.63, 3.8) is 0 Å². The third kappa shape index (κ3) is 2.90. The molecular weight excluding hydrogens is 374 g/mol. The summed E-state index contributed by atoms with van der Waals surface area (Å²) >= 11 is 1.33. The van der Waals surface area contributed by atoms with Crippen LogP contribution >= 0.6 is 11.3 Å². The molecule has 2 aromatic carbocycles. The van der Waals surface area contributed by atoms with Gasteiger partial charge in [0.15, 0.2) is 5.13 Å². The van der Waals surface area contributed by atoms with Crippen LogP contribution < -0.4 is 10.2 Å². The van der Waals surface area contributed by atoms with Crippen LogP contribution in [0.2, 0.25) is 0 Å². The van der Waals surface area contributed by atoms with Crippen molar-refractivity contribution >= 4 is 39.9 Å². The maximum Gasteiger partial charge on any atom is 0.266 e. The van der Waals surface area contributed by atoms with E-state index in [4.69, 9.17) is 0 Å². The van der Waals surface area contributed by atoms with Crippen LogP contribution in [0.25, 0.3) is 0 Å². The van der Waals surface area contributed by atoms with Gasteiger partial charge in [0.25, 0.3) is 17.7 Å². The molecule has 1 aliphatic heterocycles. The van der Waals surface area contributed by atoms with E-state index in [0.29, 0.717) is 21.9 Å². The van der Waals surface area contributed by atoms with Crippen molar-refractivity contribution in [3.8, 4) is 0 Å². The standard InChI is InChI=1S/C21H17N3O3S/c1-11-5-4-6-17(13(11)3)24-19(26)15-8-7-14(9-16(15)20(24)27)18(25)23-21-22-12(2)10-28-21/h4-10H,1-3H3,(H,22,23,25). The Morgan fingerprint density at radius 1 is 1.04 bits per heavy atom. The molecule has 3 aromatic rings. The molecule has 6 nitrogen and oxygen atoms in total. The number of nitrogens with zero attached hydrogens (tertiary/aromatic N) is 2. The van der Waals surface area contributed by atoms with Crippen LogP contribution in [0, 0.1) is 20.8 Å². The van der Waals surface area contributed by atoms with E-state index in [1.54, 1.807) is 12.1 Å². The zero-order chi connectivity index (χ0) is 20.0. The number of benzene rings is 2. The molecule has 0 unspecified atom stereocenters. The van der Waals surface area contributed by atoms with Crippen LogP contribution in [-0.2, 0) is 0 Å². The first kappa shape index (κ1) is 18.1. The zero-order valence-electron chi connectivity index (χ0n) is 15.6. The fourth-order valence-corrected chi connectivity index (χ4v) is 3.84. The molecule has 0 bridgehead atoms. The average molecular weight is 391 g/mol. The van der Waals surface area contributed by atoms with E-state index in [0.717, 1.165) is 16.8 Å². The van der Waals surface area contributed by atoms with E-state index in [-0.39, 0.29) is 17.4 Å². The Bertz CT molecular complexity index is 1150. The molecule has 2 heterocycles. The first-order valence-corrected chi connectivity index (χ1v) is 9.57. The van der Waals surface area contributed by atoms with E-state index >= 15 is 0 Å². The molecule has 140 valence electrons. The van der Waals surface area contributed by atoms with Gasteiger partial charge >= 0.3 is 0 Å². The highest BCUT2D eigenvalue weighted by atomic mass is 32.1. The molecule has 0 atom stereocenters. The summed E-state index contributed by atoms with van der Waals surface area (Å²) in [4.78, 5) is 43.7. The van der Waals surface area contributed by atoms with Crippen LogP contribution in [0.5, 0.6) is 0 Å². The van der Waals surface area contributed by atoms with Crippen LogP contribution in [0.4, 0.5) is 10.8 Å². The van der Waals surface area contributed by atoms with E-state index in [1.807, 2.05) is 38.3 Å². The number of thiazole rings is 1. The van der Waals surface area contributed by atoms with Crippen molar-refractivity contribution in [1.82, 2.24) is 4.98 Å². The lowest BCUT2D eigenvalue weighted by molar-refractivity contribution is 0.0925. The van der Waals surface area contributed by atoms with Gasteiger partial charge in [-0.05, 0) is 56.2 Å². The van der Waals surface area contributed by atoms with E-state index in [2.05, 4.69) is 10.3 Å². The Kier molecular flexibility index (Phi) is 4.31. The Morgan fingerprint density at radius 3 is 2.50 bits per heavy atom. The summed E-state index contributed by atoms with van der Waals surface area (Å²) < 4.78 is 0. The number of anilines is 2. The smallest absolute Gasteiger partial charge is 0.266 e. The van der Waals surface area contributed by atoms with E-state index in [9.17, 15) is 14.4 Å². The molecule has 1 N–H and O–H groups in total. The molecule has 0 spiro atoms. The highest BCUT2D eigenvalue weighted by Crippen LogP contribution is 2.32. The number of aromatic nitrogens is 1. The van der Waals surface area contributed by atoms with Crippen molar-refractivity contribution in [1.29, 1.82) is 0 Å². The second kappa shape index (κ2) is 6.69. The van der Waals surface area contributed by atoms with E-state index in [1.165, 1.54) is 28.4 Å². The quantitative estimate of drug-likeness (QED) is 0.681. The maximum atomic E-state index is 13.0. The number of carbonyl (C=O) groups excluding carboxylic acids is 3. The van der Waals surface area contributed by atoms with Gasteiger partial charge in [0.2, 0.25) is 0 Å². The summed E-state index contributed by atoms with van der Waals surface area (Å²) in [5.41, 5.74) is 4.08. The molecule has 1 aliphatic rings. The molecule has 4 rings (SSSR count). The number of nitrogens with one attached hydrogen (secondary N) is 1. The lowest BCUT2D eigenvalue weighted by Crippen LogP contribution is -2.30. The lowest BCUT2D eigenvalue weighted by atomic mass is 10.1. The predicted molar refractivity (Wildman–Crippen MR) is 108 cm³/mol. The third-order valence-electron chi connectivity index (χ3n) is 4.81. The monoisotopic (exact) mass is 391 g/mol. The van der Waals surface area contributed by atoms with Gasteiger partial charge in [-0.15, -0.1) is 11.3 Å². The topological polar surface area (TPSA) is 79.4 Å². The van der Waals surface area contributed by atoms with Crippen LogP contribution in [0.15, 0.2) is 41.8 Å². The number of carbonyl (C=O) groups is 3. The molecule has 1 aromatic heterocycles. The van der Waals surface area contributed by atoms with Crippen molar-refractivity contribution < 1.29 is 14.4 Å². The first-order valence-electron chi connectivity index (χ1n) is 8.69. The summed E-state index contributed by atoms with van der Waals surface area (Å²) in [7, 11) is 0. The van der Waals surface area contributed by atoms with Crippen molar-refractivity contribution in [2.45, 2.75) is 20.8 Å². The van der Waals surface area contributed by atoms with Gasteiger partial charge in [0.1, 0.15) is 0 Å². The Balaban J connectivity index is 1.67. The van der Waals surface area contributed by atoms with Crippen molar-refractivity contribution in [2.75, 3.05) is 10.2 Å². The molecule has 28 heavy (non-hydrogen) atoms. The Morgan fingerprint density at radius 2 is 1.79 bits per heavy atom. The van der Waals surface area contributed by atoms with Gasteiger partial charge in [0, 0.05) is 10.9 Å². The summed E-state index contributed by atoms with van der Waals surface area (Å²) in [5, 5.41) is 5.04. The van der Waals surface area contributed by atoms with Crippen LogP contribution in [-0.4, -0.2) is 22.7 Å². The number of hydrogen-bond acceptors (Lipinski definition) is 5. The van der Waals surface area contributed by atoms with Gasteiger partial charge in [0.05, 0.1) is 22.5 Å². The summed E-state index contributed by atoms with van der Waals surface area (Å²) in [6.45, 7) is 5.65. The molecular formula is C21H17N3O3S. The predicted octanol–water partition coefficient (Wildman–Crippen LogP) is 4.12. The molecule has 0 saturated carbocycles. The average Bonchev–Trinajstić information content (AvgIpc) is 3.19. The number of rotatable bonds is 3. The van der Waals surface area contributed by atoms with Gasteiger partial charge in [-0.3, -0.25) is 19.7 Å². The zero-order valence-corrected chi connectivity index (χ0v) is 16.4. The van der Waals surface area contributed by atoms with Crippen LogP contribution in [0.3, 0.4) is 0 Å². The van der Waals surface area contributed by atoms with Gasteiger partial charge in [-0.25, -0.2) is 9.88 Å². The number of imide groups is 1. The molecule has 0 saturated heterocycles. The van der Waals surface area contributed by atoms with Crippen LogP contribution in [0.1, 0.15) is 47.9 Å². The van der Waals surface area contributed by atoms with Crippen molar-refractivity contribution in [2.24, 2.45) is 0 Å². The second-order valence-electron chi connectivity index (χ2n) is 6.67. The summed E-state index contributed by atoms with van der Waals surface area (Å²) in [6.07, 6.45) is 0. The lowest BCUT2D eigenvalue weighted by Gasteiger charge is -2.17. The molecule has 3 amide bonds. The number of aryl methyl sites for hydroxylation is 2. The maximum absolute atomic E-state index is 13.0. The summed E-state index contributed by atoms with van der Waals surface area (Å²) in [5.74, 6) is -1.17. The molecule has 7 heteroatoms. The first-order chi connectivity index (χ1) is 13.4. The molecule has 0 fully saturated rings. The SMILES string of the molecule is Cc1csc(NC(=O)c2ccc3c(c2)C(=O)N(c2cccc(C)c2C)C3=O)n1. The number of amides is 3. The van der Waals surface area contributed by atoms with Gasteiger partial charge < -0.3 is 0 Å². The largest absolute Gasteiger partial charge is 0.298 e. The molecule has 0 radical (unpaired) electrons. The third-order valence-corrected chi connectivity index (χ3v) is 5.68. The van der Waals surface area contributed by atoms with Gasteiger partial charge in [-0.2, -0.15) is 0 Å². The minimum Gasteiger partial charge on any atom is -0.298 e. The fraction of sp³-hybridized carbons (Fsp3) is 0.143. The Labute approximate surface area is 165 Å².